The Morgan fingerprint density at radius 2 is 1.87 bits per heavy atom. The van der Waals surface area contributed by atoms with Gasteiger partial charge >= 0.3 is 0 Å². The Kier molecular flexibility index (Phi) is 9.35. The zero-order chi connectivity index (χ0) is 35.8. The second-order valence-corrected chi connectivity index (χ2v) is 14.5. The van der Waals surface area contributed by atoms with Gasteiger partial charge in [0.25, 0.3) is 5.91 Å². The number of carbonyl (C=O) groups excluding carboxylic acids is 3. The molecule has 1 saturated carbocycles. The maximum absolute atomic E-state index is 13.6. The van der Waals surface area contributed by atoms with Crippen LogP contribution in [-0.4, -0.2) is 92.4 Å². The number of hydrogen-bond acceptors (Lipinski definition) is 9. The predicted molar refractivity (Wildman–Crippen MR) is 197 cm³/mol. The highest BCUT2D eigenvalue weighted by Gasteiger charge is 2.30. The van der Waals surface area contributed by atoms with Gasteiger partial charge in [0.05, 0.1) is 30.3 Å². The van der Waals surface area contributed by atoms with E-state index in [1.54, 1.807) is 28.7 Å². The molecule has 13 nitrogen and oxygen atoms in total. The normalized spacial score (nSPS) is 22.8. The number of nitrogens with zero attached hydrogens (tertiary/aromatic N) is 7. The Morgan fingerprint density at radius 1 is 1.04 bits per heavy atom. The molecule has 5 heterocycles. The molecule has 270 valence electrons. The Bertz CT molecular complexity index is 2100. The van der Waals surface area contributed by atoms with Crippen LogP contribution in [0.25, 0.3) is 22.4 Å². The summed E-state index contributed by atoms with van der Waals surface area (Å²) in [7, 11) is 1.58. The van der Waals surface area contributed by atoms with Gasteiger partial charge in [-0.05, 0) is 93.8 Å². The molecule has 3 aliphatic rings. The van der Waals surface area contributed by atoms with E-state index in [0.717, 1.165) is 74.0 Å². The molecule has 0 spiro atoms. The average molecular weight is 704 g/mol. The van der Waals surface area contributed by atoms with Gasteiger partial charge in [-0.15, -0.1) is 0 Å². The number of rotatable bonds is 9. The Balaban J connectivity index is 0.811. The number of piperidine rings is 1. The van der Waals surface area contributed by atoms with Gasteiger partial charge in [0.15, 0.2) is 11.5 Å². The third-order valence-electron chi connectivity index (χ3n) is 11.2. The van der Waals surface area contributed by atoms with Crippen LogP contribution in [0.1, 0.15) is 73.7 Å². The standard InChI is InChI=1S/C39H45N9O4/c1-25-23-45(18-19-46(25)30-11-7-27(8-12-30)31-13-14-36(49)43-38(31)50)17-15-26-5-9-29(10-6-26)42-39(51)32-20-28-24-47(44-33(28)21-34(32)52-2)37-22-40-35-4-3-16-41-48(35)37/h3-4,7-8,11-12,16,20-22,24-26,29,31H,5-6,9-10,13-15,17-19,23H2,1-2H3,(H,42,51)(H,43,49,50)/t25-,26?,29?,31-/m1/s1. The minimum atomic E-state index is -0.253. The predicted octanol–water partition coefficient (Wildman–Crippen LogP) is 4.49. The molecule has 2 saturated heterocycles. The monoisotopic (exact) mass is 703 g/mol. The van der Waals surface area contributed by atoms with E-state index in [9.17, 15) is 14.4 Å². The number of fused-ring (bicyclic) bond motifs is 2. The number of piperazine rings is 1. The lowest BCUT2D eigenvalue weighted by atomic mass is 9.84. The molecule has 2 N–H and O–H groups in total. The van der Waals surface area contributed by atoms with Gasteiger partial charge < -0.3 is 15.0 Å². The molecule has 2 atom stereocenters. The van der Waals surface area contributed by atoms with Crippen LogP contribution in [0, 0.1) is 5.92 Å². The molecule has 52 heavy (non-hydrogen) atoms. The summed E-state index contributed by atoms with van der Waals surface area (Å²) < 4.78 is 9.10. The first-order valence-electron chi connectivity index (χ1n) is 18.4. The smallest absolute Gasteiger partial charge is 0.255 e. The number of hydrogen-bond donors (Lipinski definition) is 2. The van der Waals surface area contributed by atoms with Crippen molar-refractivity contribution < 1.29 is 19.1 Å². The van der Waals surface area contributed by atoms with Crippen LogP contribution in [0.5, 0.6) is 5.75 Å². The number of imide groups is 1. The van der Waals surface area contributed by atoms with Gasteiger partial charge in [0.1, 0.15) is 5.75 Å². The second kappa shape index (κ2) is 14.4. The number of nitrogens with one attached hydrogen (secondary N) is 2. The van der Waals surface area contributed by atoms with E-state index in [-0.39, 0.29) is 29.7 Å². The summed E-state index contributed by atoms with van der Waals surface area (Å²) in [6.07, 6.45) is 11.6. The fourth-order valence-electron chi connectivity index (χ4n) is 8.24. The molecule has 3 amide bonds. The molecule has 0 unspecified atom stereocenters. The van der Waals surface area contributed by atoms with E-state index in [2.05, 4.69) is 49.6 Å². The third-order valence-corrected chi connectivity index (χ3v) is 11.2. The Labute approximate surface area is 302 Å². The van der Waals surface area contributed by atoms with Crippen molar-refractivity contribution in [1.82, 2.24) is 39.9 Å². The summed E-state index contributed by atoms with van der Waals surface area (Å²) in [6, 6.07) is 16.2. The van der Waals surface area contributed by atoms with Gasteiger partial charge in [-0.25, -0.2) is 9.67 Å². The lowest BCUT2D eigenvalue weighted by Crippen LogP contribution is -2.52. The van der Waals surface area contributed by atoms with Crippen LogP contribution < -0.4 is 20.3 Å². The Hall–Kier alpha value is -5.30. The fourth-order valence-corrected chi connectivity index (χ4v) is 8.24. The molecule has 3 fully saturated rings. The maximum atomic E-state index is 13.6. The second-order valence-electron chi connectivity index (χ2n) is 14.5. The minimum absolute atomic E-state index is 0.121. The van der Waals surface area contributed by atoms with E-state index < -0.39 is 0 Å². The summed E-state index contributed by atoms with van der Waals surface area (Å²) >= 11 is 0. The van der Waals surface area contributed by atoms with Crippen LogP contribution in [0.3, 0.4) is 0 Å². The van der Waals surface area contributed by atoms with Gasteiger partial charge in [0, 0.05) is 67.7 Å². The number of carbonyl (C=O) groups is 3. The van der Waals surface area contributed by atoms with Gasteiger partial charge in [-0.1, -0.05) is 12.1 Å². The topological polar surface area (TPSA) is 139 Å². The fraction of sp³-hybridized carbons (Fsp3) is 0.436. The van der Waals surface area contributed by atoms with Crippen molar-refractivity contribution in [1.29, 1.82) is 0 Å². The van der Waals surface area contributed by atoms with Crippen LogP contribution in [0.2, 0.25) is 0 Å². The summed E-state index contributed by atoms with van der Waals surface area (Å²) in [6.45, 7) is 6.37. The number of aromatic nitrogens is 5. The summed E-state index contributed by atoms with van der Waals surface area (Å²) in [4.78, 5) is 46.9. The summed E-state index contributed by atoms with van der Waals surface area (Å²) in [5.74, 6) is 1.12. The molecule has 8 rings (SSSR count). The quantitative estimate of drug-likeness (QED) is 0.213. The lowest BCUT2D eigenvalue weighted by Gasteiger charge is -2.42. The summed E-state index contributed by atoms with van der Waals surface area (Å²) in [5, 5.41) is 15.7. The molecule has 5 aromatic rings. The van der Waals surface area contributed by atoms with Crippen molar-refractivity contribution in [2.24, 2.45) is 5.92 Å². The zero-order valence-electron chi connectivity index (χ0n) is 29.7. The maximum Gasteiger partial charge on any atom is 0.255 e. The molecule has 3 aromatic heterocycles. The van der Waals surface area contributed by atoms with Crippen LogP contribution >= 0.6 is 0 Å². The first-order valence-corrected chi connectivity index (χ1v) is 18.4. The van der Waals surface area contributed by atoms with E-state index in [1.165, 1.54) is 12.1 Å². The highest BCUT2D eigenvalue weighted by Crippen LogP contribution is 2.31. The van der Waals surface area contributed by atoms with Crippen LogP contribution in [0.4, 0.5) is 5.69 Å². The number of methoxy groups -OCH3 is 1. The van der Waals surface area contributed by atoms with E-state index >= 15 is 0 Å². The molecule has 0 radical (unpaired) electrons. The molecule has 1 aliphatic carbocycles. The van der Waals surface area contributed by atoms with Crippen LogP contribution in [0.15, 0.2) is 67.1 Å². The zero-order valence-corrected chi connectivity index (χ0v) is 29.7. The van der Waals surface area contributed by atoms with Gasteiger partial charge in [0.2, 0.25) is 11.8 Å². The summed E-state index contributed by atoms with van der Waals surface area (Å²) in [5.41, 5.74) is 4.10. The highest BCUT2D eigenvalue weighted by atomic mass is 16.5. The van der Waals surface area contributed by atoms with Crippen molar-refractivity contribution in [2.45, 2.75) is 69.9 Å². The molecule has 2 aliphatic heterocycles. The van der Waals surface area contributed by atoms with Gasteiger partial charge in [-0.2, -0.15) is 14.7 Å². The number of ether oxygens (including phenoxy) is 1. The van der Waals surface area contributed by atoms with Crippen molar-refractivity contribution in [3.63, 3.8) is 0 Å². The highest BCUT2D eigenvalue weighted by molar-refractivity contribution is 6.01. The van der Waals surface area contributed by atoms with Crippen molar-refractivity contribution in [2.75, 3.05) is 38.2 Å². The Morgan fingerprint density at radius 3 is 2.63 bits per heavy atom. The number of amides is 3. The number of anilines is 1. The van der Waals surface area contributed by atoms with Crippen molar-refractivity contribution >= 4 is 40.0 Å². The van der Waals surface area contributed by atoms with E-state index in [0.29, 0.717) is 41.9 Å². The van der Waals surface area contributed by atoms with E-state index in [1.807, 2.05) is 42.6 Å². The van der Waals surface area contributed by atoms with Crippen molar-refractivity contribution in [3.05, 3.63) is 78.2 Å². The number of benzene rings is 2. The van der Waals surface area contributed by atoms with Crippen molar-refractivity contribution in [3.8, 4) is 11.6 Å². The minimum Gasteiger partial charge on any atom is -0.496 e. The lowest BCUT2D eigenvalue weighted by molar-refractivity contribution is -0.134. The van der Waals surface area contributed by atoms with Crippen LogP contribution in [-0.2, 0) is 9.59 Å². The van der Waals surface area contributed by atoms with E-state index in [4.69, 9.17) is 9.84 Å². The SMILES string of the molecule is COc1cc2nn(-c3cnc4cccnn34)cc2cc1C(=O)NC1CCC(CCN2CCN(c3ccc([C@H]4CCC(=O)NC4=O)cc3)[C@H](C)C2)CC1. The largest absolute Gasteiger partial charge is 0.496 e. The average Bonchev–Trinajstić information content (AvgIpc) is 3.78. The first-order chi connectivity index (χ1) is 25.3. The number of imidazole rings is 1. The third kappa shape index (κ3) is 6.84. The first kappa shape index (κ1) is 33.8. The van der Waals surface area contributed by atoms with Gasteiger partial charge in [-0.3, -0.25) is 24.6 Å². The molecular formula is C39H45N9O4. The molecular weight excluding hydrogens is 658 g/mol. The molecule has 13 heteroatoms. The molecule has 2 aromatic carbocycles. The molecule has 0 bridgehead atoms.